The summed E-state index contributed by atoms with van der Waals surface area (Å²) < 4.78 is 0. The van der Waals surface area contributed by atoms with Gasteiger partial charge in [-0.1, -0.05) is 34.1 Å². The standard InChI is InChI=1S/C6H13NO2.C5H10N2O3.C5H9NO2.C5H11NO2/c1-3-4(2)5(7)6(8)9;6-3(5(9)10)1-2-4(7)8;7-5(8)4-2-1-3-6-4;1-3(2)4(6)5(7)8/h4-5H,3,7H2,1-2H3,(H,8,9);3H,1-2,6H2,(H2,7,8)(H,9,10);4,6H,1-3H2,(H,7,8);3-4H,6H2,1-2H3,(H,7,8)/t4-,5-;3-;2*4-/m0000/s1. The topological polar surface area (TPSA) is 282 Å². The summed E-state index contributed by atoms with van der Waals surface area (Å²) in [6.45, 7) is 8.17. The molecule has 1 aliphatic rings. The van der Waals surface area contributed by atoms with E-state index in [-0.39, 0.29) is 30.7 Å². The molecule has 1 aliphatic heterocycles. The van der Waals surface area contributed by atoms with Crippen LogP contribution in [-0.4, -0.2) is 80.9 Å². The summed E-state index contributed by atoms with van der Waals surface area (Å²) >= 11 is 0. The number of hydrogen-bond donors (Lipinski definition) is 9. The third-order valence-electron chi connectivity index (χ3n) is 4.92. The second-order valence-electron chi connectivity index (χ2n) is 8.29. The average Bonchev–Trinajstić information content (AvgIpc) is 3.32. The second-order valence-corrected chi connectivity index (χ2v) is 8.29. The van der Waals surface area contributed by atoms with Crippen molar-refractivity contribution in [3.8, 4) is 0 Å². The van der Waals surface area contributed by atoms with E-state index in [1.165, 1.54) is 0 Å². The molecule has 5 atom stereocenters. The first-order valence-electron chi connectivity index (χ1n) is 11.2. The van der Waals surface area contributed by atoms with E-state index in [1.54, 1.807) is 13.8 Å². The molecule has 0 aromatic rings. The number of primary amides is 1. The highest BCUT2D eigenvalue weighted by atomic mass is 16.4. The van der Waals surface area contributed by atoms with Gasteiger partial charge in [-0.05, 0) is 37.6 Å². The van der Waals surface area contributed by atoms with Gasteiger partial charge in [0, 0.05) is 6.42 Å². The van der Waals surface area contributed by atoms with Crippen molar-refractivity contribution in [2.24, 2.45) is 34.8 Å². The number of carboxylic acid groups (broad SMARTS) is 4. The van der Waals surface area contributed by atoms with Crippen LogP contribution < -0.4 is 28.3 Å². The molecule has 0 spiro atoms. The minimum absolute atomic E-state index is 0.0208. The van der Waals surface area contributed by atoms with Crippen molar-refractivity contribution in [2.75, 3.05) is 6.54 Å². The average molecular weight is 510 g/mol. The molecular formula is C21H43N5O9. The number of aliphatic carboxylic acids is 4. The molecule has 1 heterocycles. The van der Waals surface area contributed by atoms with Crippen molar-refractivity contribution in [1.82, 2.24) is 5.32 Å². The Labute approximate surface area is 205 Å². The molecular weight excluding hydrogens is 466 g/mol. The Balaban J connectivity index is -0.000000391. The molecule has 0 bridgehead atoms. The summed E-state index contributed by atoms with van der Waals surface area (Å²) in [5, 5.41) is 36.0. The number of amides is 1. The highest BCUT2D eigenvalue weighted by Crippen LogP contribution is 2.04. The van der Waals surface area contributed by atoms with Crippen LogP contribution in [0.4, 0.5) is 0 Å². The smallest absolute Gasteiger partial charge is 0.320 e. The van der Waals surface area contributed by atoms with Gasteiger partial charge in [-0.2, -0.15) is 0 Å². The number of carbonyl (C=O) groups excluding carboxylic acids is 1. The Hall–Kier alpha value is -2.81. The van der Waals surface area contributed by atoms with Crippen LogP contribution in [0.25, 0.3) is 0 Å². The Bertz CT molecular complexity index is 643. The maximum atomic E-state index is 10.2. The van der Waals surface area contributed by atoms with Crippen LogP contribution in [0.3, 0.4) is 0 Å². The van der Waals surface area contributed by atoms with Crippen LogP contribution in [0.1, 0.15) is 59.8 Å². The lowest BCUT2D eigenvalue weighted by Crippen LogP contribution is -2.36. The molecule has 35 heavy (non-hydrogen) atoms. The summed E-state index contributed by atoms with van der Waals surface area (Å²) in [5.74, 6) is -4.11. The van der Waals surface area contributed by atoms with Gasteiger partial charge in [0.15, 0.2) is 0 Å². The van der Waals surface area contributed by atoms with Gasteiger partial charge >= 0.3 is 23.9 Å². The molecule has 1 fully saturated rings. The highest BCUT2D eigenvalue weighted by molar-refractivity contribution is 5.77. The maximum Gasteiger partial charge on any atom is 0.320 e. The van der Waals surface area contributed by atoms with Gasteiger partial charge in [0.25, 0.3) is 0 Å². The minimum atomic E-state index is -1.11. The number of hydrogen-bond acceptors (Lipinski definition) is 9. The molecule has 1 amide bonds. The molecule has 13 N–H and O–H groups in total. The molecule has 206 valence electrons. The predicted molar refractivity (Wildman–Crippen MR) is 128 cm³/mol. The number of nitrogens with one attached hydrogen (secondary N) is 1. The third-order valence-corrected chi connectivity index (χ3v) is 4.92. The molecule has 14 nitrogen and oxygen atoms in total. The third kappa shape index (κ3) is 21.5. The van der Waals surface area contributed by atoms with E-state index >= 15 is 0 Å². The van der Waals surface area contributed by atoms with E-state index in [9.17, 15) is 24.0 Å². The zero-order valence-corrected chi connectivity index (χ0v) is 20.8. The van der Waals surface area contributed by atoms with Gasteiger partial charge in [-0.3, -0.25) is 24.0 Å². The lowest BCUT2D eigenvalue weighted by molar-refractivity contribution is -0.140. The molecule has 0 saturated carbocycles. The minimum Gasteiger partial charge on any atom is -0.480 e. The first-order chi connectivity index (χ1) is 16.0. The van der Waals surface area contributed by atoms with E-state index < -0.39 is 47.9 Å². The Morgan fingerprint density at radius 3 is 1.54 bits per heavy atom. The molecule has 14 heteroatoms. The zero-order valence-electron chi connectivity index (χ0n) is 20.8. The fraction of sp³-hybridized carbons (Fsp3) is 0.762. The van der Waals surface area contributed by atoms with Gasteiger partial charge in [0.2, 0.25) is 5.91 Å². The van der Waals surface area contributed by atoms with Crippen molar-refractivity contribution in [2.45, 2.75) is 84.0 Å². The van der Waals surface area contributed by atoms with Gasteiger partial charge in [-0.15, -0.1) is 0 Å². The summed E-state index contributed by atoms with van der Waals surface area (Å²) in [4.78, 5) is 50.5. The second kappa shape index (κ2) is 20.6. The Morgan fingerprint density at radius 2 is 1.37 bits per heavy atom. The molecule has 0 aliphatic carbocycles. The summed E-state index contributed by atoms with van der Waals surface area (Å²) in [6.07, 6.45) is 2.72. The number of carbonyl (C=O) groups is 5. The molecule has 0 unspecified atom stereocenters. The molecule has 0 radical (unpaired) electrons. The van der Waals surface area contributed by atoms with E-state index in [1.807, 2.05) is 13.8 Å². The maximum absolute atomic E-state index is 10.2. The Morgan fingerprint density at radius 1 is 0.886 bits per heavy atom. The quantitative estimate of drug-likeness (QED) is 0.171. The number of nitrogens with two attached hydrogens (primary N) is 4. The number of rotatable bonds is 10. The number of carboxylic acids is 4. The highest BCUT2D eigenvalue weighted by Gasteiger charge is 2.20. The monoisotopic (exact) mass is 509 g/mol. The van der Waals surface area contributed by atoms with Crippen LogP contribution in [-0.2, 0) is 24.0 Å². The normalized spacial score (nSPS) is 17.5. The van der Waals surface area contributed by atoms with Crippen molar-refractivity contribution < 1.29 is 44.4 Å². The van der Waals surface area contributed by atoms with E-state index in [0.717, 1.165) is 25.8 Å². The van der Waals surface area contributed by atoms with Crippen molar-refractivity contribution in [3.05, 3.63) is 0 Å². The van der Waals surface area contributed by atoms with Gasteiger partial charge in [0.05, 0.1) is 0 Å². The van der Waals surface area contributed by atoms with Crippen molar-refractivity contribution in [3.63, 3.8) is 0 Å². The van der Waals surface area contributed by atoms with Gasteiger partial charge in [-0.25, -0.2) is 0 Å². The summed E-state index contributed by atoms with van der Waals surface area (Å²) in [6, 6.07) is -2.66. The van der Waals surface area contributed by atoms with Gasteiger partial charge < -0.3 is 48.7 Å². The van der Waals surface area contributed by atoms with Crippen LogP contribution >= 0.6 is 0 Å². The molecule has 1 saturated heterocycles. The van der Waals surface area contributed by atoms with E-state index in [4.69, 9.17) is 43.4 Å². The first-order valence-corrected chi connectivity index (χ1v) is 11.2. The van der Waals surface area contributed by atoms with Crippen LogP contribution in [0, 0.1) is 11.8 Å². The molecule has 1 rings (SSSR count). The molecule has 0 aromatic heterocycles. The lowest BCUT2D eigenvalue weighted by Gasteiger charge is -2.11. The van der Waals surface area contributed by atoms with E-state index in [2.05, 4.69) is 5.32 Å². The van der Waals surface area contributed by atoms with Crippen LogP contribution in [0.5, 0.6) is 0 Å². The fourth-order valence-electron chi connectivity index (χ4n) is 2.10. The first kappa shape index (κ1) is 36.8. The lowest BCUT2D eigenvalue weighted by atomic mass is 10.0. The summed E-state index contributed by atoms with van der Waals surface area (Å²) in [5.41, 5.74) is 20.2. The predicted octanol–water partition coefficient (Wildman–Crippen LogP) is -1.01. The van der Waals surface area contributed by atoms with Crippen molar-refractivity contribution >= 4 is 29.8 Å². The largest absolute Gasteiger partial charge is 0.480 e. The SMILES string of the molecule is CC(C)[C@H](N)C(=O)O.CC[C@H](C)[C@H](N)C(=O)O.NC(=O)CC[C@H](N)C(=O)O.O=C(O)[C@@H]1CCCN1. The van der Waals surface area contributed by atoms with Gasteiger partial charge in [0.1, 0.15) is 24.2 Å². The Kier molecular flexibility index (Phi) is 21.6. The fourth-order valence-corrected chi connectivity index (χ4v) is 2.10. The molecule has 0 aromatic carbocycles. The van der Waals surface area contributed by atoms with Crippen LogP contribution in [0.15, 0.2) is 0 Å². The van der Waals surface area contributed by atoms with E-state index in [0.29, 0.717) is 0 Å². The zero-order chi connectivity index (χ0) is 28.3. The van der Waals surface area contributed by atoms with Crippen LogP contribution in [0.2, 0.25) is 0 Å². The van der Waals surface area contributed by atoms with Crippen molar-refractivity contribution in [1.29, 1.82) is 0 Å². The summed E-state index contributed by atoms with van der Waals surface area (Å²) in [7, 11) is 0.